The zero-order valence-corrected chi connectivity index (χ0v) is 9.40. The predicted octanol–water partition coefficient (Wildman–Crippen LogP) is 2.22. The largest absolute Gasteiger partial charge is 0.462 e. The van der Waals surface area contributed by atoms with E-state index in [-0.39, 0.29) is 5.97 Å². The first kappa shape index (κ1) is 10.9. The molecule has 1 aromatic heterocycles. The van der Waals surface area contributed by atoms with E-state index in [0.29, 0.717) is 18.2 Å². The van der Waals surface area contributed by atoms with Gasteiger partial charge in [-0.05, 0) is 38.3 Å². The van der Waals surface area contributed by atoms with E-state index in [1.807, 2.05) is 0 Å². The fourth-order valence-electron chi connectivity index (χ4n) is 1.61. The maximum absolute atomic E-state index is 11.5. The van der Waals surface area contributed by atoms with E-state index in [9.17, 15) is 4.79 Å². The van der Waals surface area contributed by atoms with Gasteiger partial charge in [-0.2, -0.15) is 0 Å². The molecule has 0 unspecified atom stereocenters. The third kappa shape index (κ3) is 2.51. The van der Waals surface area contributed by atoms with Crippen LogP contribution in [-0.2, 0) is 4.74 Å². The standard InChI is InChI=1S/C12H16N2O2/c1-2-16-12(15)9-6-7-13-11(8-9)14-10-4-3-5-10/h6-8,10H,2-5H2,1H3,(H,13,14). The molecule has 1 saturated carbocycles. The number of hydrogen-bond donors (Lipinski definition) is 1. The highest BCUT2D eigenvalue weighted by atomic mass is 16.5. The maximum atomic E-state index is 11.5. The van der Waals surface area contributed by atoms with Gasteiger partial charge < -0.3 is 10.1 Å². The van der Waals surface area contributed by atoms with E-state index in [1.54, 1.807) is 25.3 Å². The molecule has 4 nitrogen and oxygen atoms in total. The average molecular weight is 220 g/mol. The second-order valence-electron chi connectivity index (χ2n) is 3.92. The molecule has 0 aromatic carbocycles. The Morgan fingerprint density at radius 3 is 3.06 bits per heavy atom. The highest BCUT2D eigenvalue weighted by Crippen LogP contribution is 2.22. The van der Waals surface area contributed by atoms with Gasteiger partial charge in [0.25, 0.3) is 0 Å². The first-order valence-electron chi connectivity index (χ1n) is 5.69. The second-order valence-corrected chi connectivity index (χ2v) is 3.92. The molecule has 0 spiro atoms. The van der Waals surface area contributed by atoms with Crippen molar-refractivity contribution < 1.29 is 9.53 Å². The van der Waals surface area contributed by atoms with Crippen LogP contribution in [0.4, 0.5) is 5.82 Å². The van der Waals surface area contributed by atoms with Gasteiger partial charge in [-0.25, -0.2) is 9.78 Å². The fraction of sp³-hybridized carbons (Fsp3) is 0.500. The fourth-order valence-corrected chi connectivity index (χ4v) is 1.61. The van der Waals surface area contributed by atoms with Gasteiger partial charge in [0.05, 0.1) is 12.2 Å². The number of aromatic nitrogens is 1. The molecular weight excluding hydrogens is 204 g/mol. The number of esters is 1. The Balaban J connectivity index is 2.03. The quantitative estimate of drug-likeness (QED) is 0.790. The SMILES string of the molecule is CCOC(=O)c1ccnc(NC2CCC2)c1. The molecule has 0 bridgehead atoms. The van der Waals surface area contributed by atoms with E-state index < -0.39 is 0 Å². The van der Waals surface area contributed by atoms with Crippen LogP contribution in [0.2, 0.25) is 0 Å². The number of carbonyl (C=O) groups excluding carboxylic acids is 1. The molecule has 1 aromatic rings. The lowest BCUT2D eigenvalue weighted by Crippen LogP contribution is -2.27. The second kappa shape index (κ2) is 4.96. The van der Waals surface area contributed by atoms with Gasteiger partial charge in [-0.3, -0.25) is 0 Å². The molecule has 1 N–H and O–H groups in total. The van der Waals surface area contributed by atoms with Crippen molar-refractivity contribution in [2.24, 2.45) is 0 Å². The highest BCUT2D eigenvalue weighted by molar-refractivity contribution is 5.90. The molecule has 0 aliphatic heterocycles. The summed E-state index contributed by atoms with van der Waals surface area (Å²) in [5.41, 5.74) is 0.554. The summed E-state index contributed by atoms with van der Waals surface area (Å²) >= 11 is 0. The van der Waals surface area contributed by atoms with E-state index >= 15 is 0 Å². The summed E-state index contributed by atoms with van der Waals surface area (Å²) in [6.45, 7) is 2.19. The number of nitrogens with one attached hydrogen (secondary N) is 1. The Morgan fingerprint density at radius 2 is 2.44 bits per heavy atom. The third-order valence-electron chi connectivity index (χ3n) is 2.73. The van der Waals surface area contributed by atoms with Crippen LogP contribution in [0.5, 0.6) is 0 Å². The van der Waals surface area contributed by atoms with Crippen LogP contribution in [0.1, 0.15) is 36.5 Å². The Bertz CT molecular complexity index is 375. The minimum Gasteiger partial charge on any atom is -0.462 e. The van der Waals surface area contributed by atoms with Gasteiger partial charge >= 0.3 is 5.97 Å². The zero-order valence-electron chi connectivity index (χ0n) is 9.40. The van der Waals surface area contributed by atoms with E-state index in [1.165, 1.54) is 19.3 Å². The summed E-state index contributed by atoms with van der Waals surface area (Å²) < 4.78 is 4.93. The molecule has 0 saturated heterocycles. The average Bonchev–Trinajstić information content (AvgIpc) is 2.24. The molecular formula is C12H16N2O2. The van der Waals surface area contributed by atoms with Crippen molar-refractivity contribution >= 4 is 11.8 Å². The van der Waals surface area contributed by atoms with Gasteiger partial charge in [-0.1, -0.05) is 0 Å². The molecule has 4 heteroatoms. The minimum absolute atomic E-state index is 0.290. The zero-order chi connectivity index (χ0) is 11.4. The number of pyridine rings is 1. The maximum Gasteiger partial charge on any atom is 0.338 e. The van der Waals surface area contributed by atoms with Crippen LogP contribution in [0, 0.1) is 0 Å². The Kier molecular flexibility index (Phi) is 3.39. The van der Waals surface area contributed by atoms with E-state index in [4.69, 9.17) is 4.74 Å². The summed E-state index contributed by atoms with van der Waals surface area (Å²) in [4.78, 5) is 15.7. The van der Waals surface area contributed by atoms with Crippen LogP contribution >= 0.6 is 0 Å². The smallest absolute Gasteiger partial charge is 0.338 e. The van der Waals surface area contributed by atoms with E-state index in [0.717, 1.165) is 5.82 Å². The lowest BCUT2D eigenvalue weighted by molar-refractivity contribution is 0.0526. The van der Waals surface area contributed by atoms with Crippen LogP contribution < -0.4 is 5.32 Å². The van der Waals surface area contributed by atoms with Crippen molar-refractivity contribution in [3.8, 4) is 0 Å². The molecule has 0 atom stereocenters. The number of carbonyl (C=O) groups is 1. The minimum atomic E-state index is -0.290. The summed E-state index contributed by atoms with van der Waals surface area (Å²) in [6, 6.07) is 3.94. The van der Waals surface area contributed by atoms with Crippen LogP contribution in [0.15, 0.2) is 18.3 Å². The van der Waals surface area contributed by atoms with Gasteiger partial charge in [0.15, 0.2) is 0 Å². The molecule has 1 heterocycles. The van der Waals surface area contributed by atoms with Crippen molar-refractivity contribution in [2.75, 3.05) is 11.9 Å². The topological polar surface area (TPSA) is 51.2 Å². The Hall–Kier alpha value is -1.58. The molecule has 1 fully saturated rings. The monoisotopic (exact) mass is 220 g/mol. The molecule has 0 amide bonds. The van der Waals surface area contributed by atoms with Gasteiger partial charge in [0.1, 0.15) is 5.82 Å². The summed E-state index contributed by atoms with van der Waals surface area (Å²) in [7, 11) is 0. The summed E-state index contributed by atoms with van der Waals surface area (Å²) in [5.74, 6) is 0.469. The number of ether oxygens (including phenoxy) is 1. The molecule has 16 heavy (non-hydrogen) atoms. The molecule has 1 aliphatic carbocycles. The summed E-state index contributed by atoms with van der Waals surface area (Å²) in [5, 5.41) is 3.30. The Morgan fingerprint density at radius 1 is 1.62 bits per heavy atom. The van der Waals surface area contributed by atoms with Crippen molar-refractivity contribution in [1.82, 2.24) is 4.98 Å². The number of rotatable bonds is 4. The predicted molar refractivity (Wildman–Crippen MR) is 61.5 cm³/mol. The third-order valence-corrected chi connectivity index (χ3v) is 2.73. The lowest BCUT2D eigenvalue weighted by atomic mass is 9.93. The summed E-state index contributed by atoms with van der Waals surface area (Å²) in [6.07, 6.45) is 5.28. The lowest BCUT2D eigenvalue weighted by Gasteiger charge is -2.26. The molecule has 2 rings (SSSR count). The number of hydrogen-bond acceptors (Lipinski definition) is 4. The van der Waals surface area contributed by atoms with Crippen LogP contribution in [0.3, 0.4) is 0 Å². The van der Waals surface area contributed by atoms with Crippen LogP contribution in [-0.4, -0.2) is 23.6 Å². The normalized spacial score (nSPS) is 15.3. The van der Waals surface area contributed by atoms with Crippen molar-refractivity contribution in [1.29, 1.82) is 0 Å². The van der Waals surface area contributed by atoms with Crippen LogP contribution in [0.25, 0.3) is 0 Å². The molecule has 86 valence electrons. The van der Waals surface area contributed by atoms with Gasteiger partial charge in [-0.15, -0.1) is 0 Å². The number of anilines is 1. The van der Waals surface area contributed by atoms with Gasteiger partial charge in [0.2, 0.25) is 0 Å². The first-order valence-corrected chi connectivity index (χ1v) is 5.69. The van der Waals surface area contributed by atoms with Crippen molar-refractivity contribution in [3.63, 3.8) is 0 Å². The van der Waals surface area contributed by atoms with Crippen molar-refractivity contribution in [2.45, 2.75) is 32.2 Å². The van der Waals surface area contributed by atoms with Crippen molar-refractivity contribution in [3.05, 3.63) is 23.9 Å². The molecule has 1 aliphatic rings. The highest BCUT2D eigenvalue weighted by Gasteiger charge is 2.17. The Labute approximate surface area is 95.0 Å². The molecule has 0 radical (unpaired) electrons. The van der Waals surface area contributed by atoms with Gasteiger partial charge in [0, 0.05) is 12.2 Å². The number of nitrogens with zero attached hydrogens (tertiary/aromatic N) is 1. The van der Waals surface area contributed by atoms with E-state index in [2.05, 4.69) is 10.3 Å². The first-order chi connectivity index (χ1) is 7.79.